The van der Waals surface area contributed by atoms with Crippen LogP contribution in [0.15, 0.2) is 18.2 Å². The number of aromatic hydroxyl groups is 1. The molecule has 0 aromatic heterocycles. The van der Waals surface area contributed by atoms with E-state index in [1.54, 1.807) is 19.2 Å². The number of rotatable bonds is 3. The van der Waals surface area contributed by atoms with E-state index in [4.69, 9.17) is 4.74 Å². The summed E-state index contributed by atoms with van der Waals surface area (Å²) in [5.41, 5.74) is 1.36. The molecule has 1 aromatic rings. The fourth-order valence-corrected chi connectivity index (χ4v) is 3.24. The number of methoxy groups -OCH3 is 1. The first-order valence-corrected chi connectivity index (χ1v) is 7.98. The van der Waals surface area contributed by atoms with Gasteiger partial charge in [0.1, 0.15) is 11.5 Å². The summed E-state index contributed by atoms with van der Waals surface area (Å²) in [5, 5.41) is 10.0. The zero-order valence-corrected chi connectivity index (χ0v) is 13.9. The smallest absolute Gasteiger partial charge is 0.120 e. The van der Waals surface area contributed by atoms with E-state index >= 15 is 0 Å². The Morgan fingerprint density at radius 2 is 2.00 bits per heavy atom. The molecule has 0 radical (unpaired) electrons. The predicted molar refractivity (Wildman–Crippen MR) is 86.7 cm³/mol. The van der Waals surface area contributed by atoms with Gasteiger partial charge in [0, 0.05) is 12.1 Å². The minimum absolute atomic E-state index is 0.368. The van der Waals surface area contributed by atoms with Crippen LogP contribution in [0.3, 0.4) is 0 Å². The van der Waals surface area contributed by atoms with E-state index in [-0.39, 0.29) is 0 Å². The van der Waals surface area contributed by atoms with E-state index in [1.165, 1.54) is 19.3 Å². The minimum atomic E-state index is 0.368. The largest absolute Gasteiger partial charge is 0.508 e. The van der Waals surface area contributed by atoms with Gasteiger partial charge in [-0.2, -0.15) is 0 Å². The quantitative estimate of drug-likeness (QED) is 0.912. The second kappa shape index (κ2) is 6.69. The van der Waals surface area contributed by atoms with Crippen molar-refractivity contribution in [2.24, 2.45) is 11.3 Å². The fraction of sp³-hybridized carbons (Fsp3) is 0.667. The van der Waals surface area contributed by atoms with Gasteiger partial charge in [-0.15, -0.1) is 0 Å². The number of phenolic OH excluding ortho intramolecular Hbond substituents is 1. The summed E-state index contributed by atoms with van der Waals surface area (Å²) in [6, 6.07) is 5.47. The van der Waals surface area contributed by atoms with Crippen LogP contribution in [0.4, 0.5) is 0 Å². The Morgan fingerprint density at radius 3 is 2.67 bits per heavy atom. The molecule has 1 fully saturated rings. The molecule has 21 heavy (non-hydrogen) atoms. The highest BCUT2D eigenvalue weighted by atomic mass is 16.5. The molecule has 1 aromatic carbocycles. The molecule has 1 aliphatic rings. The summed E-state index contributed by atoms with van der Waals surface area (Å²) in [5.74, 6) is 1.97. The van der Waals surface area contributed by atoms with Crippen molar-refractivity contribution < 1.29 is 9.84 Å². The van der Waals surface area contributed by atoms with E-state index in [0.717, 1.165) is 36.9 Å². The van der Waals surface area contributed by atoms with Gasteiger partial charge in [-0.25, -0.2) is 0 Å². The average molecular weight is 291 g/mol. The maximum absolute atomic E-state index is 10.0. The molecule has 0 bridgehead atoms. The Kier molecular flexibility index (Phi) is 5.15. The lowest BCUT2D eigenvalue weighted by Gasteiger charge is -2.29. The average Bonchev–Trinajstić information content (AvgIpc) is 2.66. The fourth-order valence-electron chi connectivity index (χ4n) is 3.24. The number of ether oxygens (including phenoxy) is 1. The van der Waals surface area contributed by atoms with Gasteiger partial charge >= 0.3 is 0 Å². The summed E-state index contributed by atoms with van der Waals surface area (Å²) in [7, 11) is 1.66. The summed E-state index contributed by atoms with van der Waals surface area (Å²) >= 11 is 0. The molecule has 0 spiro atoms. The first-order valence-electron chi connectivity index (χ1n) is 7.98. The van der Waals surface area contributed by atoms with Crippen LogP contribution in [-0.2, 0) is 6.54 Å². The van der Waals surface area contributed by atoms with Crippen LogP contribution in [0, 0.1) is 11.3 Å². The topological polar surface area (TPSA) is 32.7 Å². The zero-order valence-electron chi connectivity index (χ0n) is 13.9. The lowest BCUT2D eigenvalue weighted by molar-refractivity contribution is 0.206. The molecule has 2 rings (SSSR count). The van der Waals surface area contributed by atoms with Crippen molar-refractivity contribution in [3.63, 3.8) is 0 Å². The molecule has 3 heteroatoms. The highest BCUT2D eigenvalue weighted by Crippen LogP contribution is 2.35. The summed E-state index contributed by atoms with van der Waals surface area (Å²) in [6.07, 6.45) is 3.80. The second-order valence-corrected chi connectivity index (χ2v) is 7.26. The molecular formula is C18H29NO2. The van der Waals surface area contributed by atoms with Crippen molar-refractivity contribution in [3.05, 3.63) is 23.8 Å². The molecule has 0 saturated carbocycles. The van der Waals surface area contributed by atoms with E-state index in [2.05, 4.69) is 25.7 Å². The van der Waals surface area contributed by atoms with Crippen LogP contribution in [0.1, 0.15) is 45.6 Å². The predicted octanol–water partition coefficient (Wildman–Crippen LogP) is 4.05. The number of benzene rings is 1. The van der Waals surface area contributed by atoms with Crippen molar-refractivity contribution in [1.29, 1.82) is 0 Å². The van der Waals surface area contributed by atoms with E-state index < -0.39 is 0 Å². The number of hydrogen-bond donors (Lipinski definition) is 1. The van der Waals surface area contributed by atoms with E-state index in [0.29, 0.717) is 11.2 Å². The van der Waals surface area contributed by atoms with Crippen LogP contribution >= 0.6 is 0 Å². The number of hydrogen-bond acceptors (Lipinski definition) is 3. The maximum atomic E-state index is 10.0. The summed E-state index contributed by atoms with van der Waals surface area (Å²) < 4.78 is 5.26. The molecular weight excluding hydrogens is 262 g/mol. The van der Waals surface area contributed by atoms with E-state index in [9.17, 15) is 5.11 Å². The number of phenols is 1. The third kappa shape index (κ3) is 4.37. The van der Waals surface area contributed by atoms with Crippen molar-refractivity contribution in [2.75, 3.05) is 20.2 Å². The molecule has 1 saturated heterocycles. The maximum Gasteiger partial charge on any atom is 0.120 e. The van der Waals surface area contributed by atoms with Crippen molar-refractivity contribution in [1.82, 2.24) is 4.90 Å². The molecule has 1 heterocycles. The SMILES string of the molecule is COc1ccc(O)c(CN2CCCC(C(C)(C)C)CC2)c1. The van der Waals surface area contributed by atoms with Crippen molar-refractivity contribution >= 4 is 0 Å². The normalized spacial score (nSPS) is 21.0. The summed E-state index contributed by atoms with van der Waals surface area (Å²) in [4.78, 5) is 2.46. The van der Waals surface area contributed by atoms with Gasteiger partial charge < -0.3 is 9.84 Å². The molecule has 3 nitrogen and oxygen atoms in total. The van der Waals surface area contributed by atoms with Gasteiger partial charge in [0.2, 0.25) is 0 Å². The molecule has 1 aliphatic heterocycles. The van der Waals surface area contributed by atoms with Crippen LogP contribution in [0.25, 0.3) is 0 Å². The Balaban J connectivity index is 2.01. The third-order valence-electron chi connectivity index (χ3n) is 4.73. The lowest BCUT2D eigenvalue weighted by atomic mass is 9.77. The standard InChI is InChI=1S/C18H29NO2/c1-18(2,3)15-6-5-10-19(11-9-15)13-14-12-16(21-4)7-8-17(14)20/h7-8,12,15,20H,5-6,9-11,13H2,1-4H3. The van der Waals surface area contributed by atoms with Crippen molar-refractivity contribution in [2.45, 2.75) is 46.6 Å². The first kappa shape index (κ1) is 16.2. The Morgan fingerprint density at radius 1 is 1.24 bits per heavy atom. The van der Waals surface area contributed by atoms with Gasteiger partial charge in [0.05, 0.1) is 7.11 Å². The molecule has 0 amide bonds. The third-order valence-corrected chi connectivity index (χ3v) is 4.73. The van der Waals surface area contributed by atoms with Gasteiger partial charge in [-0.05, 0) is 61.9 Å². The molecule has 1 atom stereocenters. The van der Waals surface area contributed by atoms with Crippen LogP contribution < -0.4 is 4.74 Å². The van der Waals surface area contributed by atoms with Gasteiger partial charge in [-0.1, -0.05) is 20.8 Å². The van der Waals surface area contributed by atoms with Crippen molar-refractivity contribution in [3.8, 4) is 11.5 Å². The molecule has 0 aliphatic carbocycles. The monoisotopic (exact) mass is 291 g/mol. The lowest BCUT2D eigenvalue weighted by Crippen LogP contribution is -2.26. The molecule has 118 valence electrons. The Hall–Kier alpha value is -1.22. The van der Waals surface area contributed by atoms with E-state index in [1.807, 2.05) is 6.07 Å². The molecule has 1 N–H and O–H groups in total. The minimum Gasteiger partial charge on any atom is -0.508 e. The first-order chi connectivity index (χ1) is 9.90. The molecule has 1 unspecified atom stereocenters. The zero-order chi connectivity index (χ0) is 15.5. The Labute approximate surface area is 128 Å². The van der Waals surface area contributed by atoms with Gasteiger partial charge in [-0.3, -0.25) is 4.90 Å². The van der Waals surface area contributed by atoms with Crippen LogP contribution in [-0.4, -0.2) is 30.2 Å². The van der Waals surface area contributed by atoms with Gasteiger partial charge in [0.25, 0.3) is 0 Å². The summed E-state index contributed by atoms with van der Waals surface area (Å²) in [6.45, 7) is 10.1. The van der Waals surface area contributed by atoms with Crippen LogP contribution in [0.2, 0.25) is 0 Å². The number of likely N-dealkylation sites (tertiary alicyclic amines) is 1. The van der Waals surface area contributed by atoms with Gasteiger partial charge in [0.15, 0.2) is 0 Å². The highest BCUT2D eigenvalue weighted by Gasteiger charge is 2.27. The highest BCUT2D eigenvalue weighted by molar-refractivity contribution is 5.39. The number of nitrogens with zero attached hydrogens (tertiary/aromatic N) is 1. The Bertz CT molecular complexity index is 465. The second-order valence-electron chi connectivity index (χ2n) is 7.26. The van der Waals surface area contributed by atoms with Crippen LogP contribution in [0.5, 0.6) is 11.5 Å².